The zero-order chi connectivity index (χ0) is 9.90. The predicted molar refractivity (Wildman–Crippen MR) is 56.7 cm³/mol. The third-order valence-electron chi connectivity index (χ3n) is 2.88. The maximum absolute atomic E-state index is 5.59. The van der Waals surface area contributed by atoms with Crippen molar-refractivity contribution in [3.05, 3.63) is 0 Å². The van der Waals surface area contributed by atoms with Crippen molar-refractivity contribution < 1.29 is 0 Å². The average molecular weight is 183 g/mol. The second kappa shape index (κ2) is 3.99. The summed E-state index contributed by atoms with van der Waals surface area (Å²) in [6, 6.07) is 0.430. The monoisotopic (exact) mass is 183 g/mol. The van der Waals surface area contributed by atoms with Crippen molar-refractivity contribution in [2.45, 2.75) is 46.1 Å². The van der Waals surface area contributed by atoms with Crippen LogP contribution < -0.4 is 11.1 Å². The molecule has 1 unspecified atom stereocenters. The lowest BCUT2D eigenvalue weighted by Gasteiger charge is -2.31. The number of nitrogens with one attached hydrogen (secondary N) is 1. The molecule has 3 nitrogen and oxygen atoms in total. The molecular weight excluding hydrogens is 162 g/mol. The molecule has 0 spiro atoms. The molecule has 0 aliphatic carbocycles. The van der Waals surface area contributed by atoms with Crippen LogP contribution in [-0.2, 0) is 0 Å². The standard InChI is InChI=1S/C10H21N3/c1-4-5-6-10(2,3)8-7-12-9(11)13-8/h8H,4-7H2,1-3H3,(H3,11,12,13). The quantitative estimate of drug-likeness (QED) is 0.693. The Labute approximate surface area is 80.8 Å². The summed E-state index contributed by atoms with van der Waals surface area (Å²) >= 11 is 0. The van der Waals surface area contributed by atoms with Crippen molar-refractivity contribution in [2.24, 2.45) is 16.1 Å². The Morgan fingerprint density at radius 1 is 1.62 bits per heavy atom. The molecule has 0 radical (unpaired) electrons. The summed E-state index contributed by atoms with van der Waals surface area (Å²) in [5, 5.41) is 3.23. The van der Waals surface area contributed by atoms with Crippen molar-refractivity contribution in [2.75, 3.05) is 6.54 Å². The van der Waals surface area contributed by atoms with E-state index in [0.29, 0.717) is 17.4 Å². The van der Waals surface area contributed by atoms with E-state index < -0.39 is 0 Å². The number of unbranched alkanes of at least 4 members (excludes halogenated alkanes) is 1. The van der Waals surface area contributed by atoms with Gasteiger partial charge in [0, 0.05) is 0 Å². The highest BCUT2D eigenvalue weighted by atomic mass is 15.2. The highest BCUT2D eigenvalue weighted by Gasteiger charge is 2.31. The van der Waals surface area contributed by atoms with E-state index in [1.54, 1.807) is 0 Å². The second-order valence-corrected chi connectivity index (χ2v) is 4.51. The molecule has 0 aromatic heterocycles. The van der Waals surface area contributed by atoms with E-state index in [1.807, 2.05) is 0 Å². The lowest BCUT2D eigenvalue weighted by atomic mass is 9.80. The molecule has 0 bridgehead atoms. The van der Waals surface area contributed by atoms with Crippen LogP contribution >= 0.6 is 0 Å². The maximum atomic E-state index is 5.59. The molecule has 3 heteroatoms. The maximum Gasteiger partial charge on any atom is 0.188 e. The summed E-state index contributed by atoms with van der Waals surface area (Å²) in [5.74, 6) is 0.606. The summed E-state index contributed by atoms with van der Waals surface area (Å²) in [7, 11) is 0. The van der Waals surface area contributed by atoms with E-state index in [4.69, 9.17) is 5.73 Å². The summed E-state index contributed by atoms with van der Waals surface area (Å²) in [6.07, 6.45) is 3.78. The van der Waals surface area contributed by atoms with Crippen LogP contribution in [0.5, 0.6) is 0 Å². The average Bonchev–Trinajstić information content (AvgIpc) is 2.49. The minimum atomic E-state index is 0.306. The lowest BCUT2D eigenvalue weighted by Crippen LogP contribution is -2.44. The predicted octanol–water partition coefficient (Wildman–Crippen LogP) is 1.49. The van der Waals surface area contributed by atoms with E-state index in [9.17, 15) is 0 Å². The lowest BCUT2D eigenvalue weighted by molar-refractivity contribution is 0.250. The topological polar surface area (TPSA) is 50.4 Å². The molecule has 0 amide bonds. The number of rotatable bonds is 4. The Morgan fingerprint density at radius 2 is 2.31 bits per heavy atom. The molecule has 1 heterocycles. The molecule has 0 aromatic carbocycles. The van der Waals surface area contributed by atoms with Crippen LogP contribution in [0.3, 0.4) is 0 Å². The normalized spacial score (nSPS) is 22.7. The van der Waals surface area contributed by atoms with Crippen LogP contribution in [0, 0.1) is 5.41 Å². The van der Waals surface area contributed by atoms with E-state index in [0.717, 1.165) is 6.54 Å². The zero-order valence-corrected chi connectivity index (χ0v) is 8.93. The van der Waals surface area contributed by atoms with E-state index in [1.165, 1.54) is 19.3 Å². The fourth-order valence-electron chi connectivity index (χ4n) is 1.71. The summed E-state index contributed by atoms with van der Waals surface area (Å²) in [6.45, 7) is 7.63. The van der Waals surface area contributed by atoms with Crippen LogP contribution in [0.4, 0.5) is 0 Å². The summed E-state index contributed by atoms with van der Waals surface area (Å²) < 4.78 is 0. The first-order valence-corrected chi connectivity index (χ1v) is 5.12. The minimum absolute atomic E-state index is 0.306. The van der Waals surface area contributed by atoms with Crippen molar-refractivity contribution in [3.63, 3.8) is 0 Å². The summed E-state index contributed by atoms with van der Waals surface area (Å²) in [5.41, 5.74) is 5.90. The molecule has 0 fully saturated rings. The molecule has 0 saturated carbocycles. The first-order valence-electron chi connectivity index (χ1n) is 5.12. The van der Waals surface area contributed by atoms with Crippen LogP contribution in [0.25, 0.3) is 0 Å². The first-order chi connectivity index (χ1) is 6.06. The molecular formula is C10H21N3. The van der Waals surface area contributed by atoms with Gasteiger partial charge in [-0.2, -0.15) is 0 Å². The van der Waals surface area contributed by atoms with Crippen LogP contribution in [-0.4, -0.2) is 18.5 Å². The Bertz CT molecular complexity index is 196. The van der Waals surface area contributed by atoms with Gasteiger partial charge in [-0.25, -0.2) is 0 Å². The van der Waals surface area contributed by atoms with Crippen LogP contribution in [0.1, 0.15) is 40.0 Å². The molecule has 13 heavy (non-hydrogen) atoms. The highest BCUT2D eigenvalue weighted by molar-refractivity contribution is 5.79. The largest absolute Gasteiger partial charge is 0.370 e. The van der Waals surface area contributed by atoms with Gasteiger partial charge in [0.15, 0.2) is 5.96 Å². The van der Waals surface area contributed by atoms with Gasteiger partial charge in [0.05, 0.1) is 12.6 Å². The van der Waals surface area contributed by atoms with Crippen LogP contribution in [0.15, 0.2) is 4.99 Å². The van der Waals surface area contributed by atoms with Crippen molar-refractivity contribution in [3.8, 4) is 0 Å². The SMILES string of the molecule is CCCCC(C)(C)C1CN=C(N)N1. The van der Waals surface area contributed by atoms with Gasteiger partial charge < -0.3 is 11.1 Å². The van der Waals surface area contributed by atoms with E-state index in [-0.39, 0.29) is 0 Å². The molecule has 1 atom stereocenters. The van der Waals surface area contributed by atoms with Gasteiger partial charge in [0.1, 0.15) is 0 Å². The molecule has 0 saturated heterocycles. The van der Waals surface area contributed by atoms with Crippen molar-refractivity contribution in [1.29, 1.82) is 0 Å². The number of aliphatic imine (C=N–C) groups is 1. The van der Waals surface area contributed by atoms with E-state index >= 15 is 0 Å². The number of nitrogens with two attached hydrogens (primary N) is 1. The minimum Gasteiger partial charge on any atom is -0.370 e. The van der Waals surface area contributed by atoms with Gasteiger partial charge in [-0.05, 0) is 11.8 Å². The molecule has 1 rings (SSSR count). The van der Waals surface area contributed by atoms with Gasteiger partial charge in [0.25, 0.3) is 0 Å². The molecule has 76 valence electrons. The Kier molecular flexibility index (Phi) is 3.17. The van der Waals surface area contributed by atoms with Crippen molar-refractivity contribution >= 4 is 5.96 Å². The molecule has 1 aliphatic rings. The first kappa shape index (κ1) is 10.4. The smallest absolute Gasteiger partial charge is 0.188 e. The van der Waals surface area contributed by atoms with Crippen LogP contribution in [0.2, 0.25) is 0 Å². The molecule has 0 aromatic rings. The Hall–Kier alpha value is -0.730. The Balaban J connectivity index is 2.41. The van der Waals surface area contributed by atoms with Gasteiger partial charge in [-0.15, -0.1) is 0 Å². The number of hydrogen-bond donors (Lipinski definition) is 2. The van der Waals surface area contributed by atoms with Gasteiger partial charge in [-0.1, -0.05) is 33.6 Å². The fraction of sp³-hybridized carbons (Fsp3) is 0.900. The number of nitrogens with zero attached hydrogens (tertiary/aromatic N) is 1. The van der Waals surface area contributed by atoms with Gasteiger partial charge in [-0.3, -0.25) is 4.99 Å². The van der Waals surface area contributed by atoms with Crippen molar-refractivity contribution in [1.82, 2.24) is 5.32 Å². The third-order valence-corrected chi connectivity index (χ3v) is 2.88. The van der Waals surface area contributed by atoms with E-state index in [2.05, 4.69) is 31.1 Å². The Morgan fingerprint density at radius 3 is 2.77 bits per heavy atom. The van der Waals surface area contributed by atoms with Gasteiger partial charge >= 0.3 is 0 Å². The number of hydrogen-bond acceptors (Lipinski definition) is 3. The second-order valence-electron chi connectivity index (χ2n) is 4.51. The van der Waals surface area contributed by atoms with Gasteiger partial charge in [0.2, 0.25) is 0 Å². The third kappa shape index (κ3) is 2.61. The number of guanidine groups is 1. The fourth-order valence-corrected chi connectivity index (χ4v) is 1.71. The highest BCUT2D eigenvalue weighted by Crippen LogP contribution is 2.29. The zero-order valence-electron chi connectivity index (χ0n) is 8.93. The molecule has 3 N–H and O–H groups in total. The summed E-state index contributed by atoms with van der Waals surface area (Å²) in [4.78, 5) is 4.18. The molecule has 1 aliphatic heterocycles.